The van der Waals surface area contributed by atoms with Gasteiger partial charge in [-0.1, -0.05) is 19.4 Å². The first kappa shape index (κ1) is 39.6. The van der Waals surface area contributed by atoms with Gasteiger partial charge in [-0.2, -0.15) is 0 Å². The van der Waals surface area contributed by atoms with E-state index in [1.54, 1.807) is 13.0 Å². The minimum atomic E-state index is -1.92. The Balaban J connectivity index is 1.37. The SMILES string of the molecule is CC1=CC(=O)CC(C)(C)[C@@H]1CC[C@@H](C)O[C@@H]1O[C@H](CO)[C@@H](O[C@H]2O[C@@H](CO)[C@H](O[C@H]3O[C@@H](CO)[C@H](O)[C@@H](O)[C@@H]3O)[C@@H](O)[C@@H]2O)[C@H](O)[C@H]1O. The molecule has 4 rings (SSSR count). The van der Waals surface area contributed by atoms with E-state index >= 15 is 0 Å². The molecule has 48 heavy (non-hydrogen) atoms. The van der Waals surface area contributed by atoms with Crippen molar-refractivity contribution in [2.45, 2.75) is 145 Å². The molecule has 0 bridgehead atoms. The second kappa shape index (κ2) is 16.4. The normalized spacial score (nSPS) is 45.9. The molecule has 17 atom stereocenters. The zero-order chi connectivity index (χ0) is 35.7. The predicted octanol–water partition coefficient (Wildman–Crippen LogP) is -3.82. The summed E-state index contributed by atoms with van der Waals surface area (Å²) in [6.45, 7) is 5.49. The van der Waals surface area contributed by atoms with Crippen molar-refractivity contribution in [1.29, 1.82) is 0 Å². The Kier molecular flexibility index (Phi) is 13.5. The van der Waals surface area contributed by atoms with Crippen LogP contribution in [-0.4, -0.2) is 175 Å². The number of aliphatic hydroxyl groups is 10. The molecule has 0 aromatic carbocycles. The van der Waals surface area contributed by atoms with Gasteiger partial charge in [0, 0.05) is 6.42 Å². The molecule has 0 aromatic rings. The van der Waals surface area contributed by atoms with Gasteiger partial charge in [-0.05, 0) is 44.1 Å². The van der Waals surface area contributed by atoms with Gasteiger partial charge in [-0.15, -0.1) is 0 Å². The van der Waals surface area contributed by atoms with Crippen molar-refractivity contribution in [2.75, 3.05) is 19.8 Å². The fourth-order valence-electron chi connectivity index (χ4n) is 7.07. The van der Waals surface area contributed by atoms with Gasteiger partial charge in [0.25, 0.3) is 0 Å². The first-order valence-corrected chi connectivity index (χ1v) is 16.3. The second-order valence-electron chi connectivity index (χ2n) is 13.9. The smallest absolute Gasteiger partial charge is 0.187 e. The highest BCUT2D eigenvalue weighted by atomic mass is 16.8. The molecule has 278 valence electrons. The van der Waals surface area contributed by atoms with Crippen LogP contribution in [0.25, 0.3) is 0 Å². The number of hydrogen-bond acceptors (Lipinski definition) is 17. The molecule has 10 N–H and O–H groups in total. The lowest BCUT2D eigenvalue weighted by atomic mass is 9.66. The lowest BCUT2D eigenvalue weighted by Crippen LogP contribution is -2.66. The number of carbonyl (C=O) groups excluding carboxylic acids is 1. The van der Waals surface area contributed by atoms with E-state index in [9.17, 15) is 55.9 Å². The summed E-state index contributed by atoms with van der Waals surface area (Å²) in [5.74, 6) is 0.223. The van der Waals surface area contributed by atoms with Crippen LogP contribution in [0, 0.1) is 11.3 Å². The highest BCUT2D eigenvalue weighted by Gasteiger charge is 2.53. The quantitative estimate of drug-likeness (QED) is 0.0936. The third-order valence-electron chi connectivity index (χ3n) is 9.81. The maximum Gasteiger partial charge on any atom is 0.187 e. The lowest BCUT2D eigenvalue weighted by molar-refractivity contribution is -0.380. The molecule has 0 amide bonds. The van der Waals surface area contributed by atoms with Crippen molar-refractivity contribution < 1.29 is 84.3 Å². The number of rotatable bonds is 12. The van der Waals surface area contributed by atoms with E-state index in [2.05, 4.69) is 0 Å². The van der Waals surface area contributed by atoms with Crippen molar-refractivity contribution in [1.82, 2.24) is 0 Å². The Labute approximate surface area is 278 Å². The highest BCUT2D eigenvalue weighted by molar-refractivity contribution is 5.91. The molecule has 4 aliphatic rings. The van der Waals surface area contributed by atoms with E-state index < -0.39 is 118 Å². The van der Waals surface area contributed by atoms with Gasteiger partial charge in [0.1, 0.15) is 73.2 Å². The van der Waals surface area contributed by atoms with Crippen molar-refractivity contribution in [2.24, 2.45) is 11.3 Å². The highest BCUT2D eigenvalue weighted by Crippen LogP contribution is 2.42. The van der Waals surface area contributed by atoms with Crippen LogP contribution in [0.5, 0.6) is 0 Å². The van der Waals surface area contributed by atoms with Gasteiger partial charge in [-0.3, -0.25) is 4.79 Å². The Morgan fingerprint density at radius 3 is 1.69 bits per heavy atom. The van der Waals surface area contributed by atoms with Crippen molar-refractivity contribution in [3.05, 3.63) is 11.6 Å². The second-order valence-corrected chi connectivity index (χ2v) is 13.9. The molecule has 17 heteroatoms. The van der Waals surface area contributed by atoms with Crippen molar-refractivity contribution in [3.8, 4) is 0 Å². The van der Waals surface area contributed by atoms with E-state index in [4.69, 9.17) is 28.4 Å². The number of carbonyl (C=O) groups is 1. The number of allylic oxidation sites excluding steroid dienone is 2. The van der Waals surface area contributed by atoms with Crippen LogP contribution >= 0.6 is 0 Å². The predicted molar refractivity (Wildman–Crippen MR) is 159 cm³/mol. The molecule has 0 spiro atoms. The topological polar surface area (TPSA) is 275 Å². The van der Waals surface area contributed by atoms with E-state index in [-0.39, 0.29) is 17.1 Å². The molecule has 3 fully saturated rings. The van der Waals surface area contributed by atoms with Crippen molar-refractivity contribution >= 4 is 5.78 Å². The van der Waals surface area contributed by atoms with Gasteiger partial charge < -0.3 is 79.5 Å². The molecule has 0 aromatic heterocycles. The van der Waals surface area contributed by atoms with Crippen LogP contribution in [0.4, 0.5) is 0 Å². The van der Waals surface area contributed by atoms with Crippen LogP contribution in [0.3, 0.4) is 0 Å². The lowest BCUT2D eigenvalue weighted by Gasteiger charge is -2.48. The summed E-state index contributed by atoms with van der Waals surface area (Å²) >= 11 is 0. The molecule has 3 heterocycles. The van der Waals surface area contributed by atoms with Crippen LogP contribution in [0.15, 0.2) is 11.6 Å². The summed E-state index contributed by atoms with van der Waals surface area (Å²) in [5, 5.41) is 104. The zero-order valence-electron chi connectivity index (χ0n) is 27.5. The molecular formula is C31H52O17. The number of ether oxygens (including phenoxy) is 6. The van der Waals surface area contributed by atoms with Gasteiger partial charge >= 0.3 is 0 Å². The largest absolute Gasteiger partial charge is 0.394 e. The Hall–Kier alpha value is -1.23. The minimum Gasteiger partial charge on any atom is -0.394 e. The fourth-order valence-corrected chi connectivity index (χ4v) is 7.07. The summed E-state index contributed by atoms with van der Waals surface area (Å²) in [6, 6.07) is 0. The van der Waals surface area contributed by atoms with E-state index in [0.29, 0.717) is 19.3 Å². The number of aliphatic hydroxyl groups excluding tert-OH is 10. The molecule has 0 radical (unpaired) electrons. The third-order valence-corrected chi connectivity index (χ3v) is 9.81. The van der Waals surface area contributed by atoms with Crippen LogP contribution in [-0.2, 0) is 33.2 Å². The van der Waals surface area contributed by atoms with Crippen LogP contribution < -0.4 is 0 Å². The van der Waals surface area contributed by atoms with E-state index in [1.807, 2.05) is 20.8 Å². The van der Waals surface area contributed by atoms with Gasteiger partial charge in [0.15, 0.2) is 24.7 Å². The standard InChI is InChI=1S/C31H52O17/c1-12-7-14(35)8-31(3,4)15(12)6-5-13(2)43-28-24(41)21(38)26(17(10-33)45-28)48-30-25(42)22(39)27(18(11-34)46-30)47-29-23(40)20(37)19(36)16(9-32)44-29/h7,13,15-30,32-34,36-42H,5-6,8-11H2,1-4H3/t13-,15-,16+,17-,18+,19+,20-,21-,22+,23+,24-,25+,26-,27+,28-,29-,30-/m1/s1. The van der Waals surface area contributed by atoms with E-state index in [0.717, 1.165) is 5.57 Å². The molecule has 17 nitrogen and oxygen atoms in total. The molecule has 0 saturated carbocycles. The van der Waals surface area contributed by atoms with Crippen LogP contribution in [0.2, 0.25) is 0 Å². The first-order valence-electron chi connectivity index (χ1n) is 16.3. The maximum absolute atomic E-state index is 12.0. The van der Waals surface area contributed by atoms with Gasteiger partial charge in [0.05, 0.1) is 25.9 Å². The molecule has 3 aliphatic heterocycles. The summed E-state index contributed by atoms with van der Waals surface area (Å²) in [7, 11) is 0. The summed E-state index contributed by atoms with van der Waals surface area (Å²) in [6.07, 6.45) is -21.6. The molecular weight excluding hydrogens is 644 g/mol. The first-order chi connectivity index (χ1) is 22.5. The van der Waals surface area contributed by atoms with Gasteiger partial charge in [0.2, 0.25) is 0 Å². The minimum absolute atomic E-state index is 0.0892. The Morgan fingerprint density at radius 1 is 0.729 bits per heavy atom. The number of ketones is 1. The average Bonchev–Trinajstić information content (AvgIpc) is 3.02. The van der Waals surface area contributed by atoms with Crippen molar-refractivity contribution in [3.63, 3.8) is 0 Å². The number of hydrogen-bond donors (Lipinski definition) is 10. The Morgan fingerprint density at radius 2 is 1.19 bits per heavy atom. The average molecular weight is 697 g/mol. The zero-order valence-corrected chi connectivity index (χ0v) is 27.5. The molecule has 3 saturated heterocycles. The Bertz CT molecular complexity index is 1080. The third kappa shape index (κ3) is 8.45. The van der Waals surface area contributed by atoms with Gasteiger partial charge in [-0.25, -0.2) is 0 Å². The molecule has 1 aliphatic carbocycles. The summed E-state index contributed by atoms with van der Waals surface area (Å²) in [4.78, 5) is 12.0. The summed E-state index contributed by atoms with van der Waals surface area (Å²) in [5.41, 5.74) is 0.750. The van der Waals surface area contributed by atoms with E-state index in [1.165, 1.54) is 0 Å². The monoisotopic (exact) mass is 696 g/mol. The summed E-state index contributed by atoms with van der Waals surface area (Å²) < 4.78 is 33.8. The van der Waals surface area contributed by atoms with Crippen LogP contribution in [0.1, 0.15) is 47.0 Å². The fraction of sp³-hybridized carbons (Fsp3) is 0.903. The molecule has 0 unspecified atom stereocenters. The maximum atomic E-state index is 12.0.